The van der Waals surface area contributed by atoms with E-state index in [4.69, 9.17) is 4.74 Å². The molecule has 0 heterocycles. The van der Waals surface area contributed by atoms with E-state index in [0.29, 0.717) is 16.8 Å². The fourth-order valence-corrected chi connectivity index (χ4v) is 2.21. The van der Waals surface area contributed by atoms with Crippen molar-refractivity contribution >= 4 is 35.1 Å². The molecule has 0 aromatic heterocycles. The summed E-state index contributed by atoms with van der Waals surface area (Å²) in [5, 5.41) is 13.3. The summed E-state index contributed by atoms with van der Waals surface area (Å²) in [6.07, 6.45) is 1.39. The number of ketones is 1. The van der Waals surface area contributed by atoms with E-state index in [-0.39, 0.29) is 11.5 Å². The van der Waals surface area contributed by atoms with E-state index in [1.54, 1.807) is 30.3 Å². The van der Waals surface area contributed by atoms with Gasteiger partial charge in [-0.25, -0.2) is 4.79 Å². The first-order valence-electron chi connectivity index (χ1n) is 8.31. The maximum Gasteiger partial charge on any atom is 0.331 e. The molecule has 1 amide bonds. The summed E-state index contributed by atoms with van der Waals surface area (Å²) in [4.78, 5) is 45.4. The Hall–Kier alpha value is -3.81. The quantitative estimate of drug-likeness (QED) is 0.258. The Labute approximate surface area is 161 Å². The number of hydrogen-bond acceptors (Lipinski definition) is 6. The lowest BCUT2D eigenvalue weighted by Crippen LogP contribution is -2.29. The van der Waals surface area contributed by atoms with Gasteiger partial charge in [-0.2, -0.15) is 0 Å². The number of anilines is 1. The SMILES string of the molecule is CC(=O)c1ccc(NC(=O)[C@@H](C)OC(=O)/C=C/c2cccc([N+](=O)[O-])c2)cc1. The molecule has 0 saturated carbocycles. The first kappa shape index (κ1) is 20.5. The number of benzene rings is 2. The van der Waals surface area contributed by atoms with E-state index >= 15 is 0 Å². The second kappa shape index (κ2) is 9.22. The highest BCUT2D eigenvalue weighted by molar-refractivity contribution is 5.98. The van der Waals surface area contributed by atoms with Crippen LogP contribution in [0.3, 0.4) is 0 Å². The van der Waals surface area contributed by atoms with Gasteiger partial charge in [0.1, 0.15) is 0 Å². The third-order valence-electron chi connectivity index (χ3n) is 3.71. The maximum atomic E-state index is 12.1. The van der Waals surface area contributed by atoms with Gasteiger partial charge in [0.2, 0.25) is 0 Å². The molecule has 0 bridgehead atoms. The van der Waals surface area contributed by atoms with Gasteiger partial charge >= 0.3 is 5.97 Å². The molecule has 0 aliphatic carbocycles. The van der Waals surface area contributed by atoms with Crippen LogP contribution in [0.4, 0.5) is 11.4 Å². The second-order valence-electron chi connectivity index (χ2n) is 5.89. The van der Waals surface area contributed by atoms with Crippen molar-refractivity contribution in [2.45, 2.75) is 20.0 Å². The maximum absolute atomic E-state index is 12.1. The Morgan fingerprint density at radius 2 is 1.82 bits per heavy atom. The summed E-state index contributed by atoms with van der Waals surface area (Å²) >= 11 is 0. The normalized spacial score (nSPS) is 11.6. The van der Waals surface area contributed by atoms with E-state index in [9.17, 15) is 24.5 Å². The zero-order chi connectivity index (χ0) is 20.7. The summed E-state index contributed by atoms with van der Waals surface area (Å²) in [7, 11) is 0. The van der Waals surface area contributed by atoms with Crippen LogP contribution in [0.1, 0.15) is 29.8 Å². The van der Waals surface area contributed by atoms with Gasteiger partial charge in [0.15, 0.2) is 11.9 Å². The summed E-state index contributed by atoms with van der Waals surface area (Å²) < 4.78 is 5.02. The zero-order valence-electron chi connectivity index (χ0n) is 15.2. The number of carbonyl (C=O) groups excluding carboxylic acids is 3. The number of amides is 1. The molecule has 2 aromatic rings. The molecule has 0 fully saturated rings. The Kier molecular flexibility index (Phi) is 6.75. The largest absolute Gasteiger partial charge is 0.449 e. The van der Waals surface area contributed by atoms with Gasteiger partial charge in [-0.05, 0) is 49.8 Å². The molecule has 0 aliphatic rings. The van der Waals surface area contributed by atoms with Crippen molar-refractivity contribution in [2.24, 2.45) is 0 Å². The molecule has 144 valence electrons. The number of esters is 1. The minimum atomic E-state index is -1.06. The predicted molar refractivity (Wildman–Crippen MR) is 103 cm³/mol. The van der Waals surface area contributed by atoms with Crippen LogP contribution >= 0.6 is 0 Å². The lowest BCUT2D eigenvalue weighted by atomic mass is 10.1. The van der Waals surface area contributed by atoms with Crippen molar-refractivity contribution in [3.8, 4) is 0 Å². The molecule has 0 unspecified atom stereocenters. The van der Waals surface area contributed by atoms with Crippen molar-refractivity contribution in [2.75, 3.05) is 5.32 Å². The highest BCUT2D eigenvalue weighted by Gasteiger charge is 2.17. The molecule has 1 atom stereocenters. The van der Waals surface area contributed by atoms with E-state index in [1.165, 1.54) is 38.1 Å². The van der Waals surface area contributed by atoms with Gasteiger partial charge < -0.3 is 10.1 Å². The average molecular weight is 382 g/mol. The van der Waals surface area contributed by atoms with Crippen molar-refractivity contribution < 1.29 is 24.0 Å². The van der Waals surface area contributed by atoms with Crippen molar-refractivity contribution in [3.63, 3.8) is 0 Å². The monoisotopic (exact) mass is 382 g/mol. The number of nitro benzene ring substituents is 1. The fourth-order valence-electron chi connectivity index (χ4n) is 2.21. The number of nitrogens with one attached hydrogen (secondary N) is 1. The van der Waals surface area contributed by atoms with Crippen molar-refractivity contribution in [1.82, 2.24) is 0 Å². The minimum absolute atomic E-state index is 0.0873. The number of nitro groups is 1. The molecule has 28 heavy (non-hydrogen) atoms. The Morgan fingerprint density at radius 3 is 2.43 bits per heavy atom. The Balaban J connectivity index is 1.92. The van der Waals surface area contributed by atoms with Crippen LogP contribution in [0, 0.1) is 10.1 Å². The Morgan fingerprint density at radius 1 is 1.14 bits per heavy atom. The van der Waals surface area contributed by atoms with E-state index in [1.807, 2.05) is 0 Å². The summed E-state index contributed by atoms with van der Waals surface area (Å²) in [6.45, 7) is 2.86. The lowest BCUT2D eigenvalue weighted by Gasteiger charge is -2.12. The van der Waals surface area contributed by atoms with Gasteiger partial charge in [0.25, 0.3) is 11.6 Å². The first-order chi connectivity index (χ1) is 13.3. The van der Waals surface area contributed by atoms with Gasteiger partial charge in [-0.15, -0.1) is 0 Å². The van der Waals surface area contributed by atoms with Crippen LogP contribution in [-0.2, 0) is 14.3 Å². The lowest BCUT2D eigenvalue weighted by molar-refractivity contribution is -0.384. The van der Waals surface area contributed by atoms with E-state index < -0.39 is 22.9 Å². The Bertz CT molecular complexity index is 934. The van der Waals surface area contributed by atoms with E-state index in [2.05, 4.69) is 5.32 Å². The molecule has 0 spiro atoms. The van der Waals surface area contributed by atoms with Crippen molar-refractivity contribution in [3.05, 3.63) is 75.8 Å². The zero-order valence-corrected chi connectivity index (χ0v) is 15.2. The number of nitrogens with zero attached hydrogens (tertiary/aromatic N) is 1. The van der Waals surface area contributed by atoms with Crippen LogP contribution in [-0.4, -0.2) is 28.7 Å². The number of non-ortho nitro benzene ring substituents is 1. The molecule has 8 heteroatoms. The van der Waals surface area contributed by atoms with Crippen molar-refractivity contribution in [1.29, 1.82) is 0 Å². The number of rotatable bonds is 7. The van der Waals surface area contributed by atoms with Gasteiger partial charge in [0, 0.05) is 29.5 Å². The fraction of sp³-hybridized carbons (Fsp3) is 0.150. The topological polar surface area (TPSA) is 116 Å². The molecule has 0 radical (unpaired) electrons. The second-order valence-corrected chi connectivity index (χ2v) is 5.89. The minimum Gasteiger partial charge on any atom is -0.449 e. The third-order valence-corrected chi connectivity index (χ3v) is 3.71. The van der Waals surface area contributed by atoms with Gasteiger partial charge in [0.05, 0.1) is 4.92 Å². The standard InChI is InChI=1S/C20H18N2O6/c1-13(23)16-7-9-17(10-8-16)21-20(25)14(2)28-19(24)11-6-15-4-3-5-18(12-15)22(26)27/h3-12,14H,1-2H3,(H,21,25)/b11-6+/t14-/m1/s1. The molecular formula is C20H18N2O6. The summed E-state index contributed by atoms with van der Waals surface area (Å²) in [5.41, 5.74) is 1.33. The van der Waals surface area contributed by atoms with Crippen LogP contribution < -0.4 is 5.32 Å². The molecule has 8 nitrogen and oxygen atoms in total. The summed E-state index contributed by atoms with van der Waals surface area (Å²) in [5.74, 6) is -1.38. The van der Waals surface area contributed by atoms with Crippen LogP contribution in [0.25, 0.3) is 6.08 Å². The number of Topliss-reactive ketones (excluding diaryl/α,β-unsaturated/α-hetero) is 1. The van der Waals surface area contributed by atoms with Gasteiger partial charge in [-0.1, -0.05) is 12.1 Å². The number of hydrogen-bond donors (Lipinski definition) is 1. The van der Waals surface area contributed by atoms with Crippen LogP contribution in [0.2, 0.25) is 0 Å². The van der Waals surface area contributed by atoms with Crippen LogP contribution in [0.15, 0.2) is 54.6 Å². The number of carbonyl (C=O) groups is 3. The molecule has 0 aliphatic heterocycles. The molecule has 1 N–H and O–H groups in total. The molecule has 2 aromatic carbocycles. The molecule has 0 saturated heterocycles. The average Bonchev–Trinajstić information content (AvgIpc) is 2.67. The first-order valence-corrected chi connectivity index (χ1v) is 8.31. The number of ether oxygens (including phenoxy) is 1. The molecular weight excluding hydrogens is 364 g/mol. The summed E-state index contributed by atoms with van der Waals surface area (Å²) in [6, 6.07) is 12.0. The molecule has 2 rings (SSSR count). The van der Waals surface area contributed by atoms with E-state index in [0.717, 1.165) is 6.08 Å². The smallest absolute Gasteiger partial charge is 0.331 e. The third kappa shape index (κ3) is 5.87. The predicted octanol–water partition coefficient (Wildman–Crippen LogP) is 3.38. The highest BCUT2D eigenvalue weighted by Crippen LogP contribution is 2.14. The highest BCUT2D eigenvalue weighted by atomic mass is 16.6. The van der Waals surface area contributed by atoms with Crippen LogP contribution in [0.5, 0.6) is 0 Å². The van der Waals surface area contributed by atoms with Gasteiger partial charge in [-0.3, -0.25) is 19.7 Å².